The van der Waals surface area contributed by atoms with Gasteiger partial charge in [0.15, 0.2) is 11.5 Å². The van der Waals surface area contributed by atoms with Gasteiger partial charge >= 0.3 is 0 Å². The highest BCUT2D eigenvalue weighted by molar-refractivity contribution is 5.28. The largest absolute Gasteiger partial charge is 0.238 e. The van der Waals surface area contributed by atoms with Crippen LogP contribution in [0, 0.1) is 17.1 Å². The van der Waals surface area contributed by atoms with Crippen LogP contribution in [0.5, 0.6) is 0 Å². The third-order valence-electron chi connectivity index (χ3n) is 2.18. The van der Waals surface area contributed by atoms with Crippen LogP contribution < -0.4 is 0 Å². The van der Waals surface area contributed by atoms with Crippen molar-refractivity contribution >= 4 is 0 Å². The second-order valence-corrected chi connectivity index (χ2v) is 3.26. The molecule has 0 spiro atoms. The van der Waals surface area contributed by atoms with Gasteiger partial charge in [-0.25, -0.2) is 14.4 Å². The summed E-state index contributed by atoms with van der Waals surface area (Å²) in [4.78, 5) is 7.40. The van der Waals surface area contributed by atoms with Crippen molar-refractivity contribution in [1.29, 1.82) is 5.26 Å². The fourth-order valence-electron chi connectivity index (χ4n) is 1.40. The minimum Gasteiger partial charge on any atom is -0.238 e. The minimum absolute atomic E-state index is 0.207. The highest BCUT2D eigenvalue weighted by atomic mass is 19.1. The molecule has 0 saturated heterocycles. The van der Waals surface area contributed by atoms with E-state index in [1.165, 1.54) is 6.33 Å². The van der Waals surface area contributed by atoms with Gasteiger partial charge in [0.2, 0.25) is 0 Å². The minimum atomic E-state index is -0.631. The third kappa shape index (κ3) is 2.04. The first-order valence-electron chi connectivity index (χ1n) is 4.74. The Kier molecular flexibility index (Phi) is 2.88. The fourth-order valence-corrected chi connectivity index (χ4v) is 1.40. The lowest BCUT2D eigenvalue weighted by Crippen LogP contribution is -2.01. The predicted molar refractivity (Wildman–Crippen MR) is 56.0 cm³/mol. The second-order valence-electron chi connectivity index (χ2n) is 3.26. The van der Waals surface area contributed by atoms with E-state index in [1.807, 2.05) is 30.3 Å². The first-order chi connectivity index (χ1) is 7.81. The van der Waals surface area contributed by atoms with Gasteiger partial charge in [0.1, 0.15) is 12.4 Å². The summed E-state index contributed by atoms with van der Waals surface area (Å²) in [6, 6.07) is 11.1. The number of nitrogens with zero attached hydrogens (tertiary/aromatic N) is 3. The molecule has 0 atom stereocenters. The highest BCUT2D eigenvalue weighted by Gasteiger charge is 2.10. The van der Waals surface area contributed by atoms with Gasteiger partial charge in [0.05, 0.1) is 5.69 Å². The van der Waals surface area contributed by atoms with Gasteiger partial charge in [0.25, 0.3) is 0 Å². The Labute approximate surface area is 92.2 Å². The number of benzene rings is 1. The van der Waals surface area contributed by atoms with Crippen molar-refractivity contribution in [2.45, 2.75) is 6.42 Å². The molecule has 0 fully saturated rings. The summed E-state index contributed by atoms with van der Waals surface area (Å²) in [5.41, 5.74) is 0.989. The topological polar surface area (TPSA) is 49.6 Å². The van der Waals surface area contributed by atoms with Gasteiger partial charge in [-0.3, -0.25) is 0 Å². The highest BCUT2D eigenvalue weighted by Crippen LogP contribution is 2.11. The molecular weight excluding hydrogens is 205 g/mol. The lowest BCUT2D eigenvalue weighted by atomic mass is 10.1. The summed E-state index contributed by atoms with van der Waals surface area (Å²) < 4.78 is 13.6. The molecule has 4 heteroatoms. The molecule has 1 aromatic heterocycles. The number of aromatic nitrogens is 2. The van der Waals surface area contributed by atoms with Crippen LogP contribution in [0.4, 0.5) is 4.39 Å². The molecule has 2 rings (SSSR count). The monoisotopic (exact) mass is 213 g/mol. The molecule has 0 radical (unpaired) electrons. The van der Waals surface area contributed by atoms with Crippen LogP contribution in [-0.2, 0) is 6.42 Å². The van der Waals surface area contributed by atoms with E-state index in [2.05, 4.69) is 9.97 Å². The smallest absolute Gasteiger partial charge is 0.181 e. The summed E-state index contributed by atoms with van der Waals surface area (Å²) in [7, 11) is 0. The zero-order chi connectivity index (χ0) is 11.4. The predicted octanol–water partition coefficient (Wildman–Crippen LogP) is 2.08. The van der Waals surface area contributed by atoms with Gasteiger partial charge in [-0.1, -0.05) is 30.3 Å². The first kappa shape index (κ1) is 10.2. The first-order valence-corrected chi connectivity index (χ1v) is 4.74. The summed E-state index contributed by atoms with van der Waals surface area (Å²) in [6.07, 6.45) is 1.57. The van der Waals surface area contributed by atoms with Gasteiger partial charge in [-0.2, -0.15) is 5.26 Å². The van der Waals surface area contributed by atoms with Crippen LogP contribution in [0.2, 0.25) is 0 Å². The van der Waals surface area contributed by atoms with E-state index in [4.69, 9.17) is 5.26 Å². The van der Waals surface area contributed by atoms with Crippen molar-refractivity contribution in [1.82, 2.24) is 9.97 Å². The van der Waals surface area contributed by atoms with Crippen molar-refractivity contribution in [2.75, 3.05) is 0 Å². The standard InChI is InChI=1S/C12H8FN3/c13-12-10(15-8-16-11(12)7-14)6-9-4-2-1-3-5-9/h1-5,8H,6H2. The van der Waals surface area contributed by atoms with Crippen LogP contribution in [0.15, 0.2) is 36.7 Å². The Bertz CT molecular complexity index is 532. The van der Waals surface area contributed by atoms with Crippen molar-refractivity contribution < 1.29 is 4.39 Å². The van der Waals surface area contributed by atoms with E-state index in [1.54, 1.807) is 6.07 Å². The normalized spacial score (nSPS) is 9.75. The van der Waals surface area contributed by atoms with Gasteiger partial charge in [-0.15, -0.1) is 0 Å². The van der Waals surface area contributed by atoms with E-state index in [-0.39, 0.29) is 11.4 Å². The molecule has 78 valence electrons. The SMILES string of the molecule is N#Cc1ncnc(Cc2ccccc2)c1F. The molecular formula is C12H8FN3. The van der Waals surface area contributed by atoms with E-state index in [0.717, 1.165) is 5.56 Å². The van der Waals surface area contributed by atoms with Crippen LogP contribution in [0.25, 0.3) is 0 Å². The Balaban J connectivity index is 2.33. The Hall–Kier alpha value is -2.28. The molecule has 0 N–H and O–H groups in total. The third-order valence-corrected chi connectivity index (χ3v) is 2.18. The van der Waals surface area contributed by atoms with Crippen molar-refractivity contribution in [3.63, 3.8) is 0 Å². The van der Waals surface area contributed by atoms with Crippen molar-refractivity contribution in [3.8, 4) is 6.07 Å². The number of hydrogen-bond acceptors (Lipinski definition) is 3. The zero-order valence-corrected chi connectivity index (χ0v) is 8.39. The second kappa shape index (κ2) is 4.49. The van der Waals surface area contributed by atoms with Gasteiger partial charge in [-0.05, 0) is 5.56 Å². The molecule has 0 aliphatic heterocycles. The molecule has 3 nitrogen and oxygen atoms in total. The van der Waals surface area contributed by atoms with Gasteiger partial charge < -0.3 is 0 Å². The Morgan fingerprint density at radius 1 is 1.19 bits per heavy atom. The van der Waals surface area contributed by atoms with Crippen LogP contribution >= 0.6 is 0 Å². The molecule has 0 amide bonds. The molecule has 2 aromatic rings. The quantitative estimate of drug-likeness (QED) is 0.767. The molecule has 16 heavy (non-hydrogen) atoms. The lowest BCUT2D eigenvalue weighted by molar-refractivity contribution is 0.590. The summed E-state index contributed by atoms with van der Waals surface area (Å²) in [5.74, 6) is -0.631. The van der Waals surface area contributed by atoms with Gasteiger partial charge in [0, 0.05) is 6.42 Å². The maximum absolute atomic E-state index is 13.6. The zero-order valence-electron chi connectivity index (χ0n) is 8.39. The number of rotatable bonds is 2. The molecule has 0 unspecified atom stereocenters. The van der Waals surface area contributed by atoms with E-state index in [0.29, 0.717) is 6.42 Å². The molecule has 0 aliphatic rings. The van der Waals surface area contributed by atoms with E-state index >= 15 is 0 Å². The average molecular weight is 213 g/mol. The maximum Gasteiger partial charge on any atom is 0.181 e. The van der Waals surface area contributed by atoms with Crippen molar-refractivity contribution in [3.05, 3.63) is 59.4 Å². The van der Waals surface area contributed by atoms with Crippen LogP contribution in [0.1, 0.15) is 17.0 Å². The van der Waals surface area contributed by atoms with Crippen molar-refractivity contribution in [2.24, 2.45) is 0 Å². The summed E-state index contributed by atoms with van der Waals surface area (Å²) >= 11 is 0. The Morgan fingerprint density at radius 3 is 2.62 bits per heavy atom. The summed E-state index contributed by atoms with van der Waals surface area (Å²) in [5, 5.41) is 8.63. The molecule has 0 saturated carbocycles. The fraction of sp³-hybridized carbons (Fsp3) is 0.0833. The van der Waals surface area contributed by atoms with E-state index < -0.39 is 5.82 Å². The molecule has 1 heterocycles. The number of nitriles is 1. The Morgan fingerprint density at radius 2 is 1.94 bits per heavy atom. The number of halogens is 1. The van der Waals surface area contributed by atoms with Crippen LogP contribution in [-0.4, -0.2) is 9.97 Å². The molecule has 1 aromatic carbocycles. The maximum atomic E-state index is 13.6. The summed E-state index contributed by atoms with van der Waals surface area (Å²) in [6.45, 7) is 0. The number of hydrogen-bond donors (Lipinski definition) is 0. The molecule has 0 aliphatic carbocycles. The van der Waals surface area contributed by atoms with E-state index in [9.17, 15) is 4.39 Å². The lowest BCUT2D eigenvalue weighted by Gasteiger charge is -2.02. The van der Waals surface area contributed by atoms with Crippen LogP contribution in [0.3, 0.4) is 0 Å². The molecule has 0 bridgehead atoms. The average Bonchev–Trinajstić information content (AvgIpc) is 2.33.